The SMILES string of the molecule is c1ccc(-c2ccc(-n3c4ccccc4c4c5oc6cc7c(cc6c5ccc43)c3ccccc3n7-c3cccc(-c4ccccc4)c3)cc2)cc1. The Hall–Kier alpha value is -6.84. The third-order valence-electron chi connectivity index (χ3n) is 10.5. The van der Waals surface area contributed by atoms with Crippen LogP contribution in [0.4, 0.5) is 0 Å². The molecule has 0 aliphatic rings. The summed E-state index contributed by atoms with van der Waals surface area (Å²) in [6.45, 7) is 0. The molecule has 0 spiro atoms. The molecule has 0 saturated heterocycles. The number of aromatic nitrogens is 2. The highest BCUT2D eigenvalue weighted by Gasteiger charge is 2.21. The van der Waals surface area contributed by atoms with Crippen LogP contribution >= 0.6 is 0 Å². The van der Waals surface area contributed by atoms with Crippen molar-refractivity contribution in [3.63, 3.8) is 0 Å². The van der Waals surface area contributed by atoms with Crippen molar-refractivity contribution in [2.24, 2.45) is 0 Å². The third-order valence-corrected chi connectivity index (χ3v) is 10.5. The van der Waals surface area contributed by atoms with Gasteiger partial charge in [-0.05, 0) is 76.9 Å². The van der Waals surface area contributed by atoms with Crippen LogP contribution in [-0.4, -0.2) is 9.13 Å². The molecule has 11 aromatic rings. The lowest BCUT2D eigenvalue weighted by Crippen LogP contribution is -1.94. The van der Waals surface area contributed by atoms with Crippen molar-refractivity contribution in [3.05, 3.63) is 182 Å². The number of hydrogen-bond donors (Lipinski definition) is 0. The van der Waals surface area contributed by atoms with E-state index in [1.54, 1.807) is 0 Å². The standard InChI is InChI=1S/C48H30N2O/c1-3-12-31(13-4-1)33-22-24-35(25-23-33)49-43-21-10-8-19-39(43)47-44(49)27-26-38-41-29-40-37-18-7-9-20-42(37)50(45(40)30-46(41)51-48(38)47)36-17-11-16-34(28-36)32-14-5-2-6-15-32/h1-30H. The van der Waals surface area contributed by atoms with Crippen LogP contribution in [0.1, 0.15) is 0 Å². The molecular formula is C48H30N2O. The van der Waals surface area contributed by atoms with E-state index in [-0.39, 0.29) is 0 Å². The molecule has 0 aliphatic carbocycles. The second kappa shape index (κ2) is 10.8. The van der Waals surface area contributed by atoms with Gasteiger partial charge in [-0.3, -0.25) is 0 Å². The van der Waals surface area contributed by atoms with Crippen LogP contribution in [0, 0.1) is 0 Å². The molecule has 238 valence electrons. The maximum Gasteiger partial charge on any atom is 0.145 e. The van der Waals surface area contributed by atoms with Crippen LogP contribution in [0.2, 0.25) is 0 Å². The van der Waals surface area contributed by atoms with Crippen LogP contribution in [-0.2, 0) is 0 Å². The molecule has 0 fully saturated rings. The maximum absolute atomic E-state index is 6.96. The van der Waals surface area contributed by atoms with Crippen molar-refractivity contribution in [1.82, 2.24) is 9.13 Å². The van der Waals surface area contributed by atoms with E-state index in [9.17, 15) is 0 Å². The number of nitrogens with zero attached hydrogens (tertiary/aromatic N) is 2. The number of benzene rings is 8. The molecule has 3 aromatic heterocycles. The van der Waals surface area contributed by atoms with Crippen LogP contribution in [0.3, 0.4) is 0 Å². The molecule has 0 atom stereocenters. The highest BCUT2D eigenvalue weighted by Crippen LogP contribution is 2.43. The lowest BCUT2D eigenvalue weighted by atomic mass is 10.0. The predicted octanol–water partition coefficient (Wildman–Crippen LogP) is 13.1. The molecular weight excluding hydrogens is 621 g/mol. The van der Waals surface area contributed by atoms with Gasteiger partial charge in [0, 0.05) is 44.4 Å². The summed E-state index contributed by atoms with van der Waals surface area (Å²) in [4.78, 5) is 0. The Labute approximate surface area is 293 Å². The Kier molecular flexibility index (Phi) is 5.96. The fraction of sp³-hybridized carbons (Fsp3) is 0. The van der Waals surface area contributed by atoms with Gasteiger partial charge in [0.1, 0.15) is 11.2 Å². The summed E-state index contributed by atoms with van der Waals surface area (Å²) in [5, 5.41) is 7.02. The van der Waals surface area contributed by atoms with E-state index in [0.29, 0.717) is 0 Å². The van der Waals surface area contributed by atoms with E-state index < -0.39 is 0 Å². The largest absolute Gasteiger partial charge is 0.455 e. The average Bonchev–Trinajstić information content (AvgIpc) is 3.85. The third kappa shape index (κ3) is 4.19. The maximum atomic E-state index is 6.96. The van der Waals surface area contributed by atoms with Gasteiger partial charge in [0.2, 0.25) is 0 Å². The molecule has 8 aromatic carbocycles. The molecule has 51 heavy (non-hydrogen) atoms. The molecule has 3 heterocycles. The zero-order valence-corrected chi connectivity index (χ0v) is 27.6. The van der Waals surface area contributed by atoms with E-state index in [0.717, 1.165) is 55.2 Å². The average molecular weight is 651 g/mol. The second-order valence-electron chi connectivity index (χ2n) is 13.3. The minimum atomic E-state index is 0.886. The molecule has 0 saturated carbocycles. The Morgan fingerprint density at radius 3 is 1.69 bits per heavy atom. The highest BCUT2D eigenvalue weighted by atomic mass is 16.3. The Morgan fingerprint density at radius 2 is 0.922 bits per heavy atom. The zero-order chi connectivity index (χ0) is 33.5. The van der Waals surface area contributed by atoms with Crippen LogP contribution < -0.4 is 0 Å². The summed E-state index contributed by atoms with van der Waals surface area (Å²) in [5.41, 5.74) is 13.5. The zero-order valence-electron chi connectivity index (χ0n) is 27.6. The Bertz CT molecular complexity index is 3110. The van der Waals surface area contributed by atoms with Gasteiger partial charge >= 0.3 is 0 Å². The van der Waals surface area contributed by atoms with Crippen LogP contribution in [0.5, 0.6) is 0 Å². The lowest BCUT2D eigenvalue weighted by molar-refractivity contribution is 0.673. The van der Waals surface area contributed by atoms with Crippen molar-refractivity contribution >= 4 is 65.6 Å². The summed E-state index contributed by atoms with van der Waals surface area (Å²) >= 11 is 0. The predicted molar refractivity (Wildman–Crippen MR) is 213 cm³/mol. The van der Waals surface area contributed by atoms with E-state index in [1.165, 1.54) is 43.9 Å². The van der Waals surface area contributed by atoms with Gasteiger partial charge in [-0.1, -0.05) is 121 Å². The fourth-order valence-corrected chi connectivity index (χ4v) is 8.19. The molecule has 0 aliphatic heterocycles. The molecule has 11 rings (SSSR count). The van der Waals surface area contributed by atoms with Crippen molar-refractivity contribution in [2.75, 3.05) is 0 Å². The van der Waals surface area contributed by atoms with Gasteiger partial charge in [0.15, 0.2) is 0 Å². The molecule has 0 amide bonds. The number of para-hydroxylation sites is 2. The first-order valence-corrected chi connectivity index (χ1v) is 17.4. The van der Waals surface area contributed by atoms with E-state index in [1.807, 2.05) is 0 Å². The summed E-state index contributed by atoms with van der Waals surface area (Å²) in [5.74, 6) is 0. The first kappa shape index (κ1) is 28.0. The highest BCUT2D eigenvalue weighted by molar-refractivity contribution is 6.25. The number of rotatable bonds is 4. The molecule has 3 nitrogen and oxygen atoms in total. The monoisotopic (exact) mass is 650 g/mol. The summed E-state index contributed by atoms with van der Waals surface area (Å²) in [6.07, 6.45) is 0. The van der Waals surface area contributed by atoms with Gasteiger partial charge in [-0.2, -0.15) is 0 Å². The summed E-state index contributed by atoms with van der Waals surface area (Å²) in [7, 11) is 0. The van der Waals surface area contributed by atoms with Gasteiger partial charge in [0.25, 0.3) is 0 Å². The van der Waals surface area contributed by atoms with E-state index in [4.69, 9.17) is 4.42 Å². The normalized spacial score (nSPS) is 11.9. The second-order valence-corrected chi connectivity index (χ2v) is 13.3. The first-order chi connectivity index (χ1) is 25.3. The van der Waals surface area contributed by atoms with Crippen molar-refractivity contribution < 1.29 is 4.42 Å². The lowest BCUT2D eigenvalue weighted by Gasteiger charge is -2.10. The Balaban J connectivity index is 1.15. The quantitative estimate of drug-likeness (QED) is 0.186. The van der Waals surface area contributed by atoms with Gasteiger partial charge in [0.05, 0.1) is 27.5 Å². The van der Waals surface area contributed by atoms with Crippen molar-refractivity contribution in [1.29, 1.82) is 0 Å². The number of fused-ring (bicyclic) bond motifs is 10. The number of hydrogen-bond acceptors (Lipinski definition) is 1. The van der Waals surface area contributed by atoms with E-state index >= 15 is 0 Å². The minimum Gasteiger partial charge on any atom is -0.455 e. The molecule has 3 heteroatoms. The molecule has 0 bridgehead atoms. The Morgan fingerprint density at radius 1 is 0.314 bits per heavy atom. The van der Waals surface area contributed by atoms with Crippen LogP contribution in [0.25, 0.3) is 99.2 Å². The van der Waals surface area contributed by atoms with E-state index in [2.05, 4.69) is 191 Å². The summed E-state index contributed by atoms with van der Waals surface area (Å²) in [6, 6.07) is 65.3. The summed E-state index contributed by atoms with van der Waals surface area (Å²) < 4.78 is 11.7. The first-order valence-electron chi connectivity index (χ1n) is 17.4. The fourth-order valence-electron chi connectivity index (χ4n) is 8.19. The minimum absolute atomic E-state index is 0.886. The molecule has 0 radical (unpaired) electrons. The van der Waals surface area contributed by atoms with Gasteiger partial charge in [-0.15, -0.1) is 0 Å². The van der Waals surface area contributed by atoms with Crippen molar-refractivity contribution in [2.45, 2.75) is 0 Å². The van der Waals surface area contributed by atoms with Crippen LogP contribution in [0.15, 0.2) is 186 Å². The van der Waals surface area contributed by atoms with Crippen molar-refractivity contribution in [3.8, 4) is 33.6 Å². The smallest absolute Gasteiger partial charge is 0.145 e. The van der Waals surface area contributed by atoms with Gasteiger partial charge < -0.3 is 13.6 Å². The molecule has 0 N–H and O–H groups in total. The number of furan rings is 1. The van der Waals surface area contributed by atoms with Gasteiger partial charge in [-0.25, -0.2) is 0 Å². The molecule has 0 unspecified atom stereocenters. The topological polar surface area (TPSA) is 23.0 Å².